The number of nitrogens with two attached hydrogens (primary N) is 1. The molecule has 4 N–H and O–H groups in total. The number of primary amides is 1. The Morgan fingerprint density at radius 1 is 1.44 bits per heavy atom. The van der Waals surface area contributed by atoms with Crippen LogP contribution in [0.5, 0.6) is 0 Å². The summed E-state index contributed by atoms with van der Waals surface area (Å²) < 4.78 is 0. The van der Waals surface area contributed by atoms with Crippen LogP contribution in [0.25, 0.3) is 0 Å². The second-order valence-corrected chi connectivity index (χ2v) is 3.97. The summed E-state index contributed by atoms with van der Waals surface area (Å²) in [5, 5.41) is 5.94. The van der Waals surface area contributed by atoms with E-state index < -0.39 is 5.91 Å². The van der Waals surface area contributed by atoms with E-state index >= 15 is 0 Å². The summed E-state index contributed by atoms with van der Waals surface area (Å²) >= 11 is 0. The van der Waals surface area contributed by atoms with Crippen LogP contribution in [0, 0.1) is 0 Å². The molecule has 1 atom stereocenters. The maximum Gasteiger partial charge on any atom is 0.237 e. The third-order valence-electron chi connectivity index (χ3n) is 2.75. The van der Waals surface area contributed by atoms with Gasteiger partial charge in [-0.25, -0.2) is 0 Å². The van der Waals surface area contributed by atoms with Gasteiger partial charge in [0, 0.05) is 39.1 Å². The Kier molecular flexibility index (Phi) is 5.21. The summed E-state index contributed by atoms with van der Waals surface area (Å²) in [5.41, 5.74) is 4.99. The standard InChI is InChI=1S/C10H20N4O2/c1-8(14-6-4-12-5-7-14)10(16)13-3-2-9(11)15/h8,12H,2-7H2,1H3,(H2,11,15)(H,13,16). The molecule has 16 heavy (non-hydrogen) atoms. The van der Waals surface area contributed by atoms with Crippen LogP contribution in [0.1, 0.15) is 13.3 Å². The van der Waals surface area contributed by atoms with E-state index in [4.69, 9.17) is 5.73 Å². The van der Waals surface area contributed by atoms with E-state index in [-0.39, 0.29) is 18.4 Å². The van der Waals surface area contributed by atoms with Crippen molar-refractivity contribution >= 4 is 11.8 Å². The fourth-order valence-corrected chi connectivity index (χ4v) is 1.69. The van der Waals surface area contributed by atoms with Crippen LogP contribution in [0.3, 0.4) is 0 Å². The maximum absolute atomic E-state index is 11.7. The van der Waals surface area contributed by atoms with Gasteiger partial charge in [-0.2, -0.15) is 0 Å². The molecule has 0 radical (unpaired) electrons. The number of piperazine rings is 1. The number of carbonyl (C=O) groups excluding carboxylic acids is 2. The van der Waals surface area contributed by atoms with Crippen molar-refractivity contribution in [3.63, 3.8) is 0 Å². The summed E-state index contributed by atoms with van der Waals surface area (Å²) in [5.74, 6) is -0.432. The number of carbonyl (C=O) groups is 2. The smallest absolute Gasteiger partial charge is 0.237 e. The van der Waals surface area contributed by atoms with E-state index in [9.17, 15) is 9.59 Å². The van der Waals surface area contributed by atoms with Crippen molar-refractivity contribution in [3.8, 4) is 0 Å². The first-order valence-corrected chi connectivity index (χ1v) is 5.62. The zero-order valence-electron chi connectivity index (χ0n) is 9.66. The molecule has 6 heteroatoms. The first-order valence-electron chi connectivity index (χ1n) is 5.62. The Morgan fingerprint density at radius 3 is 2.62 bits per heavy atom. The molecule has 1 rings (SSSR count). The Balaban J connectivity index is 2.26. The highest BCUT2D eigenvalue weighted by molar-refractivity contribution is 5.82. The summed E-state index contributed by atoms with van der Waals surface area (Å²) in [6.07, 6.45) is 0.194. The molecule has 1 saturated heterocycles. The zero-order chi connectivity index (χ0) is 12.0. The largest absolute Gasteiger partial charge is 0.370 e. The van der Waals surface area contributed by atoms with Gasteiger partial charge in [-0.3, -0.25) is 14.5 Å². The molecule has 2 amide bonds. The predicted octanol–water partition coefficient (Wildman–Crippen LogP) is -1.73. The monoisotopic (exact) mass is 228 g/mol. The molecule has 1 unspecified atom stereocenters. The highest BCUT2D eigenvalue weighted by Crippen LogP contribution is 2.00. The van der Waals surface area contributed by atoms with Crippen molar-refractivity contribution in [3.05, 3.63) is 0 Å². The number of nitrogens with zero attached hydrogens (tertiary/aromatic N) is 1. The number of hydrogen-bond donors (Lipinski definition) is 3. The van der Waals surface area contributed by atoms with Crippen LogP contribution in [0.15, 0.2) is 0 Å². The summed E-state index contributed by atoms with van der Waals surface area (Å²) in [4.78, 5) is 24.3. The van der Waals surface area contributed by atoms with Gasteiger partial charge in [0.2, 0.25) is 11.8 Å². The lowest BCUT2D eigenvalue weighted by atomic mass is 10.2. The lowest BCUT2D eigenvalue weighted by Crippen LogP contribution is -2.52. The molecule has 6 nitrogen and oxygen atoms in total. The molecule has 1 aliphatic heterocycles. The van der Waals surface area contributed by atoms with Crippen molar-refractivity contribution in [1.82, 2.24) is 15.5 Å². The molecular formula is C10H20N4O2. The lowest BCUT2D eigenvalue weighted by Gasteiger charge is -2.31. The summed E-state index contributed by atoms with van der Waals surface area (Å²) in [6.45, 7) is 5.79. The fourth-order valence-electron chi connectivity index (χ4n) is 1.69. The minimum absolute atomic E-state index is 0.0387. The minimum Gasteiger partial charge on any atom is -0.370 e. The quantitative estimate of drug-likeness (QED) is 0.522. The third-order valence-corrected chi connectivity index (χ3v) is 2.75. The van der Waals surface area contributed by atoms with Gasteiger partial charge in [0.05, 0.1) is 6.04 Å². The van der Waals surface area contributed by atoms with Gasteiger partial charge in [0.15, 0.2) is 0 Å². The number of rotatable bonds is 5. The highest BCUT2D eigenvalue weighted by Gasteiger charge is 2.22. The summed E-state index contributed by atoms with van der Waals surface area (Å²) in [7, 11) is 0. The average molecular weight is 228 g/mol. The fraction of sp³-hybridized carbons (Fsp3) is 0.800. The molecular weight excluding hydrogens is 208 g/mol. The molecule has 0 bridgehead atoms. The van der Waals surface area contributed by atoms with Crippen molar-refractivity contribution in [2.45, 2.75) is 19.4 Å². The summed E-state index contributed by atoms with van der Waals surface area (Å²) in [6, 6.07) is -0.144. The predicted molar refractivity (Wildman–Crippen MR) is 60.7 cm³/mol. The molecule has 0 aliphatic carbocycles. The first-order chi connectivity index (χ1) is 7.61. The van der Waals surface area contributed by atoms with E-state index in [1.54, 1.807) is 0 Å². The molecule has 0 aromatic heterocycles. The molecule has 0 aromatic carbocycles. The second-order valence-electron chi connectivity index (χ2n) is 3.97. The van der Waals surface area contributed by atoms with Crippen LogP contribution in [-0.2, 0) is 9.59 Å². The Labute approximate surface area is 95.5 Å². The number of amides is 2. The zero-order valence-corrected chi connectivity index (χ0v) is 9.66. The van der Waals surface area contributed by atoms with Gasteiger partial charge in [-0.1, -0.05) is 0 Å². The number of hydrogen-bond acceptors (Lipinski definition) is 4. The maximum atomic E-state index is 11.7. The van der Waals surface area contributed by atoms with Crippen LogP contribution in [0.2, 0.25) is 0 Å². The molecule has 0 aromatic rings. The van der Waals surface area contributed by atoms with Crippen molar-refractivity contribution < 1.29 is 9.59 Å². The molecule has 0 spiro atoms. The Bertz CT molecular complexity index is 251. The van der Waals surface area contributed by atoms with Crippen molar-refractivity contribution in [1.29, 1.82) is 0 Å². The van der Waals surface area contributed by atoms with Crippen LogP contribution in [0.4, 0.5) is 0 Å². The van der Waals surface area contributed by atoms with E-state index in [1.807, 2.05) is 6.92 Å². The topological polar surface area (TPSA) is 87.5 Å². The van der Waals surface area contributed by atoms with Crippen molar-refractivity contribution in [2.75, 3.05) is 32.7 Å². The van der Waals surface area contributed by atoms with Crippen LogP contribution in [-0.4, -0.2) is 55.5 Å². The van der Waals surface area contributed by atoms with Gasteiger partial charge in [0.25, 0.3) is 0 Å². The van der Waals surface area contributed by atoms with E-state index in [0.29, 0.717) is 6.54 Å². The highest BCUT2D eigenvalue weighted by atomic mass is 16.2. The lowest BCUT2D eigenvalue weighted by molar-refractivity contribution is -0.126. The van der Waals surface area contributed by atoms with Gasteiger partial charge in [-0.05, 0) is 6.92 Å². The number of nitrogens with one attached hydrogen (secondary N) is 2. The van der Waals surface area contributed by atoms with Crippen LogP contribution >= 0.6 is 0 Å². The van der Waals surface area contributed by atoms with E-state index in [0.717, 1.165) is 26.2 Å². The van der Waals surface area contributed by atoms with Crippen LogP contribution < -0.4 is 16.4 Å². The van der Waals surface area contributed by atoms with Crippen molar-refractivity contribution in [2.24, 2.45) is 5.73 Å². The first kappa shape index (κ1) is 12.9. The molecule has 1 heterocycles. The van der Waals surface area contributed by atoms with E-state index in [1.165, 1.54) is 0 Å². The SMILES string of the molecule is CC(C(=O)NCCC(N)=O)N1CCNCC1. The normalized spacial score (nSPS) is 19.1. The molecule has 1 aliphatic rings. The molecule has 92 valence electrons. The Hall–Kier alpha value is -1.14. The van der Waals surface area contributed by atoms with Gasteiger partial charge in [-0.15, -0.1) is 0 Å². The minimum atomic E-state index is -0.393. The van der Waals surface area contributed by atoms with Gasteiger partial charge in [0.1, 0.15) is 0 Å². The second kappa shape index (κ2) is 6.44. The molecule has 1 fully saturated rings. The average Bonchev–Trinajstić information content (AvgIpc) is 2.28. The van der Waals surface area contributed by atoms with Gasteiger partial charge < -0.3 is 16.4 Å². The Morgan fingerprint density at radius 2 is 2.06 bits per heavy atom. The van der Waals surface area contributed by atoms with E-state index in [2.05, 4.69) is 15.5 Å². The molecule has 0 saturated carbocycles. The van der Waals surface area contributed by atoms with Gasteiger partial charge >= 0.3 is 0 Å². The third kappa shape index (κ3) is 4.16.